The molecule has 0 fully saturated rings. The van der Waals surface area contributed by atoms with E-state index in [0.29, 0.717) is 23.2 Å². The first kappa shape index (κ1) is 16.1. The average Bonchev–Trinajstić information content (AvgIpc) is 3.07. The summed E-state index contributed by atoms with van der Waals surface area (Å²) in [6, 6.07) is 11.6. The lowest BCUT2D eigenvalue weighted by atomic mass is 10.2. The number of hydrogen-bond acceptors (Lipinski definition) is 4. The molecule has 0 saturated heterocycles. The van der Waals surface area contributed by atoms with E-state index >= 15 is 0 Å². The molecule has 2 aromatic carbocycles. The highest BCUT2D eigenvalue weighted by atomic mass is 32.1. The Kier molecular flexibility index (Phi) is 4.81. The first-order chi connectivity index (χ1) is 11.7. The molecule has 1 aromatic heterocycles. The van der Waals surface area contributed by atoms with Gasteiger partial charge in [-0.2, -0.15) is 0 Å². The van der Waals surface area contributed by atoms with Crippen LogP contribution in [0.4, 0.5) is 5.69 Å². The van der Waals surface area contributed by atoms with Crippen molar-refractivity contribution in [3.05, 3.63) is 48.3 Å². The van der Waals surface area contributed by atoms with Gasteiger partial charge in [-0.3, -0.25) is 0 Å². The van der Waals surface area contributed by atoms with E-state index in [1.54, 1.807) is 20.5 Å². The molecule has 0 saturated carbocycles. The second kappa shape index (κ2) is 7.18. The van der Waals surface area contributed by atoms with Gasteiger partial charge in [0, 0.05) is 17.8 Å². The molecule has 6 nitrogen and oxygen atoms in total. The van der Waals surface area contributed by atoms with E-state index in [9.17, 15) is 0 Å². The molecule has 0 radical (unpaired) electrons. The highest BCUT2D eigenvalue weighted by Gasteiger charge is 2.09. The Morgan fingerprint density at radius 3 is 2.88 bits per heavy atom. The molecule has 24 heavy (non-hydrogen) atoms. The summed E-state index contributed by atoms with van der Waals surface area (Å²) in [6.07, 6.45) is 1.67. The Labute approximate surface area is 145 Å². The van der Waals surface area contributed by atoms with Crippen LogP contribution in [0.2, 0.25) is 0 Å². The molecule has 0 unspecified atom stereocenters. The third-order valence-electron chi connectivity index (χ3n) is 3.60. The number of rotatable bonds is 5. The number of aromatic nitrogens is 2. The van der Waals surface area contributed by atoms with Gasteiger partial charge in [-0.05, 0) is 36.5 Å². The number of H-pyrrole nitrogens is 1. The molecule has 0 amide bonds. The first-order valence-electron chi connectivity index (χ1n) is 7.39. The van der Waals surface area contributed by atoms with Crippen molar-refractivity contribution in [2.24, 2.45) is 0 Å². The van der Waals surface area contributed by atoms with Gasteiger partial charge in [0.1, 0.15) is 0 Å². The molecule has 0 bridgehead atoms. The van der Waals surface area contributed by atoms with Gasteiger partial charge in [0.25, 0.3) is 0 Å². The minimum absolute atomic E-state index is 0.526. The Morgan fingerprint density at radius 1 is 1.21 bits per heavy atom. The summed E-state index contributed by atoms with van der Waals surface area (Å²) in [6.45, 7) is 0.526. The number of aromatic amines is 1. The van der Waals surface area contributed by atoms with E-state index in [4.69, 9.17) is 21.7 Å². The van der Waals surface area contributed by atoms with Crippen molar-refractivity contribution in [2.45, 2.75) is 6.54 Å². The van der Waals surface area contributed by atoms with Gasteiger partial charge in [-0.15, -0.1) is 0 Å². The predicted octanol–water partition coefficient (Wildman–Crippen LogP) is 3.07. The van der Waals surface area contributed by atoms with Gasteiger partial charge in [0.15, 0.2) is 16.6 Å². The molecule has 3 rings (SSSR count). The zero-order chi connectivity index (χ0) is 16.9. The summed E-state index contributed by atoms with van der Waals surface area (Å²) in [5.74, 6) is 1.40. The normalized spacial score (nSPS) is 10.4. The molecule has 7 heteroatoms. The lowest BCUT2D eigenvalue weighted by Crippen LogP contribution is -2.28. The maximum Gasteiger partial charge on any atom is 0.171 e. The Morgan fingerprint density at radius 2 is 2.08 bits per heavy atom. The number of thiocarbonyl (C=S) groups is 1. The number of nitrogens with zero attached hydrogens (tertiary/aromatic N) is 1. The summed E-state index contributed by atoms with van der Waals surface area (Å²) >= 11 is 5.36. The Hall–Kier alpha value is -2.80. The molecule has 0 aliphatic carbocycles. The third kappa shape index (κ3) is 3.41. The fourth-order valence-electron chi connectivity index (χ4n) is 2.46. The molecule has 3 N–H and O–H groups in total. The van der Waals surface area contributed by atoms with Crippen molar-refractivity contribution in [1.82, 2.24) is 15.3 Å². The number of para-hydroxylation sites is 1. The quantitative estimate of drug-likeness (QED) is 0.619. The highest BCUT2D eigenvalue weighted by molar-refractivity contribution is 7.80. The number of fused-ring (bicyclic) bond motifs is 1. The molecule has 124 valence electrons. The number of ether oxygens (including phenoxy) is 2. The molecule has 3 aromatic rings. The van der Waals surface area contributed by atoms with Gasteiger partial charge >= 0.3 is 0 Å². The second-order valence-electron chi connectivity index (χ2n) is 5.09. The van der Waals surface area contributed by atoms with Crippen LogP contribution < -0.4 is 20.1 Å². The number of hydrogen-bond donors (Lipinski definition) is 3. The monoisotopic (exact) mass is 342 g/mol. The number of anilines is 1. The number of methoxy groups -OCH3 is 2. The molecule has 1 heterocycles. The zero-order valence-electron chi connectivity index (χ0n) is 13.4. The smallest absolute Gasteiger partial charge is 0.171 e. The maximum absolute atomic E-state index is 5.42. The van der Waals surface area contributed by atoms with Crippen LogP contribution in [0.15, 0.2) is 42.7 Å². The zero-order valence-corrected chi connectivity index (χ0v) is 14.2. The van der Waals surface area contributed by atoms with Gasteiger partial charge in [0.05, 0.1) is 31.6 Å². The largest absolute Gasteiger partial charge is 0.493 e. The topological polar surface area (TPSA) is 71.2 Å². The summed E-state index contributed by atoms with van der Waals surface area (Å²) in [7, 11) is 3.24. The van der Waals surface area contributed by atoms with Crippen molar-refractivity contribution < 1.29 is 9.47 Å². The van der Waals surface area contributed by atoms with Gasteiger partial charge in [-0.1, -0.05) is 12.1 Å². The van der Waals surface area contributed by atoms with Crippen LogP contribution in [-0.4, -0.2) is 29.3 Å². The van der Waals surface area contributed by atoms with Crippen molar-refractivity contribution >= 4 is 34.1 Å². The standard InChI is InChI=1S/C17H18N4O2S/c1-22-15-5-3-4-11(16(15)23-2)9-18-17(24)21-12-6-7-13-14(8-12)20-10-19-13/h3-8,10H,9H2,1-2H3,(H,19,20)(H2,18,21,24). The van der Waals surface area contributed by atoms with Crippen LogP contribution >= 0.6 is 12.2 Å². The van der Waals surface area contributed by atoms with E-state index in [0.717, 1.165) is 22.3 Å². The van der Waals surface area contributed by atoms with Crippen molar-refractivity contribution in [2.75, 3.05) is 19.5 Å². The van der Waals surface area contributed by atoms with Crippen molar-refractivity contribution in [1.29, 1.82) is 0 Å². The first-order valence-corrected chi connectivity index (χ1v) is 7.80. The van der Waals surface area contributed by atoms with Crippen molar-refractivity contribution in [3.8, 4) is 11.5 Å². The van der Waals surface area contributed by atoms with E-state index in [2.05, 4.69) is 20.6 Å². The van der Waals surface area contributed by atoms with Crippen LogP contribution in [0, 0.1) is 0 Å². The average molecular weight is 342 g/mol. The predicted molar refractivity (Wildman–Crippen MR) is 98.7 cm³/mol. The van der Waals surface area contributed by atoms with Crippen LogP contribution in [0.1, 0.15) is 5.56 Å². The van der Waals surface area contributed by atoms with Gasteiger partial charge in [-0.25, -0.2) is 4.98 Å². The molecule has 0 aliphatic heterocycles. The summed E-state index contributed by atoms with van der Waals surface area (Å²) in [4.78, 5) is 7.27. The van der Waals surface area contributed by atoms with Crippen molar-refractivity contribution in [3.63, 3.8) is 0 Å². The molecular weight excluding hydrogens is 324 g/mol. The van der Waals surface area contributed by atoms with Crippen LogP contribution in [0.3, 0.4) is 0 Å². The maximum atomic E-state index is 5.42. The summed E-state index contributed by atoms with van der Waals surface area (Å²) in [5, 5.41) is 6.86. The molecular formula is C17H18N4O2S. The minimum atomic E-state index is 0.526. The van der Waals surface area contributed by atoms with Gasteiger partial charge < -0.3 is 25.1 Å². The molecule has 0 atom stereocenters. The second-order valence-corrected chi connectivity index (χ2v) is 5.50. The molecule has 0 spiro atoms. The lowest BCUT2D eigenvalue weighted by Gasteiger charge is -2.14. The molecule has 0 aliphatic rings. The fraction of sp³-hybridized carbons (Fsp3) is 0.176. The van der Waals surface area contributed by atoms with E-state index in [1.807, 2.05) is 36.4 Å². The number of benzene rings is 2. The summed E-state index contributed by atoms with van der Waals surface area (Å²) < 4.78 is 10.7. The SMILES string of the molecule is COc1cccc(CNC(=S)Nc2ccc3nc[nH]c3c2)c1OC. The van der Waals surface area contributed by atoms with Crippen LogP contribution in [-0.2, 0) is 6.54 Å². The lowest BCUT2D eigenvalue weighted by molar-refractivity contribution is 0.351. The minimum Gasteiger partial charge on any atom is -0.493 e. The third-order valence-corrected chi connectivity index (χ3v) is 3.85. The summed E-state index contributed by atoms with van der Waals surface area (Å²) in [5.41, 5.74) is 3.73. The van der Waals surface area contributed by atoms with E-state index < -0.39 is 0 Å². The Bertz CT molecular complexity index is 863. The number of nitrogens with one attached hydrogen (secondary N) is 3. The fourth-order valence-corrected chi connectivity index (χ4v) is 2.65. The Balaban J connectivity index is 1.65. The van der Waals surface area contributed by atoms with Gasteiger partial charge in [0.2, 0.25) is 0 Å². The highest BCUT2D eigenvalue weighted by Crippen LogP contribution is 2.30. The van der Waals surface area contributed by atoms with Crippen LogP contribution in [0.25, 0.3) is 11.0 Å². The van der Waals surface area contributed by atoms with Crippen LogP contribution in [0.5, 0.6) is 11.5 Å². The number of imidazole rings is 1. The van der Waals surface area contributed by atoms with E-state index in [1.165, 1.54) is 0 Å². The van der Waals surface area contributed by atoms with E-state index in [-0.39, 0.29) is 0 Å².